The highest BCUT2D eigenvalue weighted by atomic mass is 35.5. The zero-order valence-electron chi connectivity index (χ0n) is 5.93. The third-order valence-electron chi connectivity index (χ3n) is 1.22. The van der Waals surface area contributed by atoms with Crippen LogP contribution in [-0.2, 0) is 4.74 Å². The van der Waals surface area contributed by atoms with Crippen molar-refractivity contribution in [2.24, 2.45) is 0 Å². The Hall–Kier alpha value is -1.02. The summed E-state index contributed by atoms with van der Waals surface area (Å²) in [6.45, 7) is 0. The van der Waals surface area contributed by atoms with Gasteiger partial charge in [-0.1, -0.05) is 17.7 Å². The zero-order chi connectivity index (χ0) is 8.27. The molecule has 0 spiro atoms. The Morgan fingerprint density at radius 2 is 2.45 bits per heavy atom. The molecule has 0 unspecified atom stereocenters. The van der Waals surface area contributed by atoms with E-state index in [0.717, 1.165) is 0 Å². The number of halogens is 1. The zero-order valence-corrected chi connectivity index (χ0v) is 6.68. The fourth-order valence-corrected chi connectivity index (χ4v) is 0.889. The highest BCUT2D eigenvalue weighted by Crippen LogP contribution is 2.14. The standard InChI is InChI=1S/C8H6ClO2/c1-11-8(10)6-4-2-3-5-7(6)9/h2,4-5H,1H3. The number of rotatable bonds is 1. The monoisotopic (exact) mass is 169 g/mol. The molecule has 0 fully saturated rings. The minimum atomic E-state index is -0.427. The Balaban J connectivity index is 3.03. The van der Waals surface area contributed by atoms with Gasteiger partial charge in [-0.2, -0.15) is 0 Å². The van der Waals surface area contributed by atoms with Gasteiger partial charge in [0.15, 0.2) is 0 Å². The van der Waals surface area contributed by atoms with Crippen LogP contribution >= 0.6 is 11.6 Å². The second-order valence-corrected chi connectivity index (χ2v) is 2.30. The van der Waals surface area contributed by atoms with Crippen LogP contribution < -0.4 is 0 Å². The maximum absolute atomic E-state index is 10.9. The molecule has 0 bridgehead atoms. The molecule has 0 saturated heterocycles. The van der Waals surface area contributed by atoms with E-state index in [2.05, 4.69) is 10.8 Å². The van der Waals surface area contributed by atoms with Gasteiger partial charge in [-0.3, -0.25) is 0 Å². The minimum Gasteiger partial charge on any atom is -0.465 e. The van der Waals surface area contributed by atoms with E-state index in [1.54, 1.807) is 12.1 Å². The Morgan fingerprint density at radius 3 is 3.00 bits per heavy atom. The van der Waals surface area contributed by atoms with Crippen molar-refractivity contribution in [2.75, 3.05) is 7.11 Å². The summed E-state index contributed by atoms with van der Waals surface area (Å²) in [5.74, 6) is -0.427. The number of hydrogen-bond acceptors (Lipinski definition) is 2. The van der Waals surface area contributed by atoms with Crippen molar-refractivity contribution in [3.8, 4) is 0 Å². The van der Waals surface area contributed by atoms with Crippen molar-refractivity contribution in [3.05, 3.63) is 34.9 Å². The second kappa shape index (κ2) is 3.39. The average Bonchev–Trinajstić information content (AvgIpc) is 2.04. The predicted molar refractivity (Wildman–Crippen MR) is 41.6 cm³/mol. The Morgan fingerprint density at radius 1 is 1.73 bits per heavy atom. The van der Waals surface area contributed by atoms with Gasteiger partial charge < -0.3 is 4.74 Å². The van der Waals surface area contributed by atoms with Crippen LogP contribution in [0.3, 0.4) is 0 Å². The minimum absolute atomic E-state index is 0.361. The van der Waals surface area contributed by atoms with Crippen LogP contribution in [0.15, 0.2) is 18.2 Å². The van der Waals surface area contributed by atoms with E-state index in [1.165, 1.54) is 13.2 Å². The molecule has 2 nitrogen and oxygen atoms in total. The molecule has 0 aromatic heterocycles. The molecule has 0 aliphatic rings. The van der Waals surface area contributed by atoms with Crippen LogP contribution in [-0.4, -0.2) is 13.1 Å². The molecule has 0 saturated carbocycles. The number of methoxy groups -OCH3 is 1. The lowest BCUT2D eigenvalue weighted by Gasteiger charge is -1.99. The first-order valence-electron chi connectivity index (χ1n) is 2.99. The van der Waals surface area contributed by atoms with Crippen LogP contribution in [0.2, 0.25) is 5.02 Å². The van der Waals surface area contributed by atoms with Gasteiger partial charge in [-0.15, -0.1) is 0 Å². The van der Waals surface area contributed by atoms with Crippen LogP contribution in [0.4, 0.5) is 0 Å². The Labute approximate surface area is 69.7 Å². The van der Waals surface area contributed by atoms with Crippen molar-refractivity contribution in [1.82, 2.24) is 0 Å². The van der Waals surface area contributed by atoms with Gasteiger partial charge >= 0.3 is 5.97 Å². The summed E-state index contributed by atoms with van der Waals surface area (Å²) in [6, 6.07) is 7.43. The van der Waals surface area contributed by atoms with Crippen LogP contribution in [0, 0.1) is 6.07 Å². The number of carbonyl (C=O) groups excluding carboxylic acids is 1. The molecule has 1 aromatic carbocycles. The van der Waals surface area contributed by atoms with Crippen LogP contribution in [0.1, 0.15) is 10.4 Å². The van der Waals surface area contributed by atoms with Gasteiger partial charge in [0.1, 0.15) is 0 Å². The lowest BCUT2D eigenvalue weighted by molar-refractivity contribution is 0.0601. The van der Waals surface area contributed by atoms with Crippen LogP contribution in [0.5, 0.6) is 0 Å². The van der Waals surface area contributed by atoms with E-state index in [1.807, 2.05) is 0 Å². The summed E-state index contributed by atoms with van der Waals surface area (Å²) in [6.07, 6.45) is 0. The van der Waals surface area contributed by atoms with Gasteiger partial charge in [0.2, 0.25) is 0 Å². The largest absolute Gasteiger partial charge is 0.465 e. The number of benzene rings is 1. The summed E-state index contributed by atoms with van der Waals surface area (Å²) in [5, 5.41) is 0.361. The number of hydrogen-bond donors (Lipinski definition) is 0. The first-order valence-corrected chi connectivity index (χ1v) is 3.37. The van der Waals surface area contributed by atoms with Gasteiger partial charge in [-0.05, 0) is 18.2 Å². The van der Waals surface area contributed by atoms with Crippen molar-refractivity contribution in [3.63, 3.8) is 0 Å². The molecule has 0 aliphatic carbocycles. The van der Waals surface area contributed by atoms with E-state index in [9.17, 15) is 4.79 Å². The first-order chi connectivity index (χ1) is 5.25. The molecule has 1 aromatic rings. The lowest BCUT2D eigenvalue weighted by Crippen LogP contribution is -2.01. The quantitative estimate of drug-likeness (QED) is 0.601. The Bertz CT molecular complexity index is 271. The van der Waals surface area contributed by atoms with Gasteiger partial charge in [0, 0.05) is 0 Å². The topological polar surface area (TPSA) is 26.3 Å². The smallest absolute Gasteiger partial charge is 0.339 e. The molecule has 3 heteroatoms. The lowest BCUT2D eigenvalue weighted by atomic mass is 10.2. The molecule has 1 rings (SSSR count). The highest BCUT2D eigenvalue weighted by Gasteiger charge is 2.07. The molecule has 0 atom stereocenters. The fraction of sp³-hybridized carbons (Fsp3) is 0.125. The summed E-state index contributed by atoms with van der Waals surface area (Å²) in [7, 11) is 1.31. The molecule has 0 N–H and O–H groups in total. The van der Waals surface area contributed by atoms with Crippen molar-refractivity contribution in [2.45, 2.75) is 0 Å². The first kappa shape index (κ1) is 8.08. The average molecular weight is 170 g/mol. The number of esters is 1. The molecule has 0 amide bonds. The molecular formula is C8H6ClO2. The third kappa shape index (κ3) is 1.71. The van der Waals surface area contributed by atoms with Gasteiger partial charge in [0.25, 0.3) is 0 Å². The van der Waals surface area contributed by atoms with Crippen LogP contribution in [0.25, 0.3) is 0 Å². The predicted octanol–water partition coefficient (Wildman–Crippen LogP) is 1.93. The molecule has 57 valence electrons. The van der Waals surface area contributed by atoms with E-state index in [0.29, 0.717) is 10.6 Å². The van der Waals surface area contributed by atoms with E-state index in [4.69, 9.17) is 11.6 Å². The SMILES string of the molecule is COC(=O)c1cc[c]cc1Cl. The number of carbonyl (C=O) groups is 1. The Kier molecular flexibility index (Phi) is 2.49. The molecule has 1 radical (unpaired) electrons. The molecule has 11 heavy (non-hydrogen) atoms. The van der Waals surface area contributed by atoms with E-state index in [-0.39, 0.29) is 0 Å². The summed E-state index contributed by atoms with van der Waals surface area (Å²) < 4.78 is 4.48. The normalized spacial score (nSPS) is 9.27. The number of ether oxygens (including phenoxy) is 1. The molecule has 0 heterocycles. The maximum Gasteiger partial charge on any atom is 0.339 e. The maximum atomic E-state index is 10.9. The van der Waals surface area contributed by atoms with Gasteiger partial charge in [-0.25, -0.2) is 4.79 Å². The summed E-state index contributed by atoms with van der Waals surface area (Å²) in [4.78, 5) is 10.9. The molecule has 0 aliphatic heterocycles. The van der Waals surface area contributed by atoms with Gasteiger partial charge in [0.05, 0.1) is 17.7 Å². The highest BCUT2D eigenvalue weighted by molar-refractivity contribution is 6.33. The van der Waals surface area contributed by atoms with Crippen molar-refractivity contribution >= 4 is 17.6 Å². The van der Waals surface area contributed by atoms with Crippen molar-refractivity contribution in [1.29, 1.82) is 0 Å². The van der Waals surface area contributed by atoms with E-state index < -0.39 is 5.97 Å². The molecular weight excluding hydrogens is 164 g/mol. The van der Waals surface area contributed by atoms with Crippen molar-refractivity contribution < 1.29 is 9.53 Å². The summed E-state index contributed by atoms with van der Waals surface area (Å²) in [5.41, 5.74) is 0.368. The fourth-order valence-electron chi connectivity index (χ4n) is 0.686. The van der Waals surface area contributed by atoms with E-state index >= 15 is 0 Å². The summed E-state index contributed by atoms with van der Waals surface area (Å²) >= 11 is 5.67. The second-order valence-electron chi connectivity index (χ2n) is 1.90. The third-order valence-corrected chi connectivity index (χ3v) is 1.53.